The van der Waals surface area contributed by atoms with Gasteiger partial charge < -0.3 is 4.74 Å². The molecule has 8 heteroatoms. The number of anilines is 1. The van der Waals surface area contributed by atoms with E-state index in [0.29, 0.717) is 5.02 Å². The predicted molar refractivity (Wildman–Crippen MR) is 70.7 cm³/mol. The fourth-order valence-corrected chi connectivity index (χ4v) is 2.52. The summed E-state index contributed by atoms with van der Waals surface area (Å²) in [4.78, 5) is 11.2. The van der Waals surface area contributed by atoms with Gasteiger partial charge in [-0.1, -0.05) is 23.2 Å². The predicted octanol–water partition coefficient (Wildman–Crippen LogP) is 1.93. The van der Waals surface area contributed by atoms with Crippen molar-refractivity contribution in [1.82, 2.24) is 0 Å². The maximum Gasteiger partial charge on any atom is 0.326 e. The van der Waals surface area contributed by atoms with E-state index in [0.717, 1.165) is 10.6 Å². The number of sulfonamides is 1. The number of hydrogen-bond donors (Lipinski definition) is 0. The first-order valence-electron chi connectivity index (χ1n) is 4.75. The van der Waals surface area contributed by atoms with Gasteiger partial charge in [-0.15, -0.1) is 0 Å². The molecule has 0 saturated heterocycles. The molecule has 0 spiro atoms. The van der Waals surface area contributed by atoms with E-state index < -0.39 is 22.5 Å². The molecule has 0 bridgehead atoms. The minimum Gasteiger partial charge on any atom is -0.468 e. The Kier molecular flexibility index (Phi) is 4.84. The standard InChI is InChI=1S/C10H11Cl2NO4S/c1-17-10(14)6-13(18(2,15)16)9-5-7(11)3-4-8(9)12/h3-5H,6H2,1-2H3. The van der Waals surface area contributed by atoms with Crippen LogP contribution in [-0.4, -0.2) is 34.3 Å². The largest absolute Gasteiger partial charge is 0.468 e. The Labute approximate surface area is 115 Å². The van der Waals surface area contributed by atoms with E-state index in [4.69, 9.17) is 23.2 Å². The van der Waals surface area contributed by atoms with Crippen LogP contribution in [0, 0.1) is 0 Å². The molecule has 1 rings (SSSR count). The number of nitrogens with zero attached hydrogens (tertiary/aromatic N) is 1. The summed E-state index contributed by atoms with van der Waals surface area (Å²) in [5, 5.41) is 0.488. The first-order valence-corrected chi connectivity index (χ1v) is 7.35. The number of methoxy groups -OCH3 is 1. The summed E-state index contributed by atoms with van der Waals surface area (Å²) in [5.41, 5.74) is 0.136. The van der Waals surface area contributed by atoms with Crippen molar-refractivity contribution in [3.63, 3.8) is 0 Å². The van der Waals surface area contributed by atoms with Gasteiger partial charge in [0.15, 0.2) is 0 Å². The summed E-state index contributed by atoms with van der Waals surface area (Å²) in [7, 11) is -2.50. The van der Waals surface area contributed by atoms with E-state index in [9.17, 15) is 13.2 Å². The Bertz CT molecular complexity index is 559. The van der Waals surface area contributed by atoms with Gasteiger partial charge in [0.1, 0.15) is 6.54 Å². The molecule has 0 radical (unpaired) electrons. The Hall–Kier alpha value is -0.980. The average molecular weight is 312 g/mol. The second kappa shape index (κ2) is 5.77. The monoisotopic (exact) mass is 311 g/mol. The highest BCUT2D eigenvalue weighted by Crippen LogP contribution is 2.30. The van der Waals surface area contributed by atoms with Gasteiger partial charge >= 0.3 is 5.97 Å². The summed E-state index contributed by atoms with van der Waals surface area (Å²) in [6.07, 6.45) is 0.965. The highest BCUT2D eigenvalue weighted by molar-refractivity contribution is 7.92. The molecule has 0 aromatic heterocycles. The molecular weight excluding hydrogens is 301 g/mol. The molecule has 0 heterocycles. The zero-order valence-electron chi connectivity index (χ0n) is 9.68. The number of ether oxygens (including phenoxy) is 1. The lowest BCUT2D eigenvalue weighted by molar-refractivity contribution is -0.138. The lowest BCUT2D eigenvalue weighted by atomic mass is 10.3. The fraction of sp³-hybridized carbons (Fsp3) is 0.300. The highest BCUT2D eigenvalue weighted by atomic mass is 35.5. The lowest BCUT2D eigenvalue weighted by Gasteiger charge is -2.22. The quantitative estimate of drug-likeness (QED) is 0.797. The number of hydrogen-bond acceptors (Lipinski definition) is 4. The van der Waals surface area contributed by atoms with E-state index >= 15 is 0 Å². The van der Waals surface area contributed by atoms with Crippen molar-refractivity contribution in [2.24, 2.45) is 0 Å². The van der Waals surface area contributed by atoms with Gasteiger partial charge in [-0.25, -0.2) is 8.42 Å². The van der Waals surface area contributed by atoms with Gasteiger partial charge in [-0.2, -0.15) is 0 Å². The van der Waals surface area contributed by atoms with Crippen molar-refractivity contribution in [2.75, 3.05) is 24.2 Å². The molecule has 1 aromatic carbocycles. The molecule has 0 fully saturated rings. The zero-order valence-corrected chi connectivity index (χ0v) is 12.0. The minimum atomic E-state index is -3.67. The Morgan fingerprint density at radius 2 is 2.00 bits per heavy atom. The molecule has 0 unspecified atom stereocenters. The lowest BCUT2D eigenvalue weighted by Crippen LogP contribution is -2.35. The Morgan fingerprint density at radius 3 is 2.50 bits per heavy atom. The van der Waals surface area contributed by atoms with E-state index in [-0.39, 0.29) is 10.7 Å². The maximum atomic E-state index is 11.7. The second-order valence-electron chi connectivity index (χ2n) is 3.44. The van der Waals surface area contributed by atoms with Crippen LogP contribution in [0.15, 0.2) is 18.2 Å². The van der Waals surface area contributed by atoms with Crippen molar-refractivity contribution in [2.45, 2.75) is 0 Å². The highest BCUT2D eigenvalue weighted by Gasteiger charge is 2.23. The minimum absolute atomic E-state index is 0.136. The number of rotatable bonds is 4. The number of carbonyl (C=O) groups excluding carboxylic acids is 1. The molecule has 5 nitrogen and oxygen atoms in total. The van der Waals surface area contributed by atoms with Gasteiger partial charge in [0.2, 0.25) is 10.0 Å². The summed E-state index contributed by atoms with van der Waals surface area (Å²) < 4.78 is 28.6. The normalized spacial score (nSPS) is 11.1. The summed E-state index contributed by atoms with van der Waals surface area (Å²) in [5.74, 6) is -0.698. The number of halogens is 2. The van der Waals surface area contributed by atoms with Crippen LogP contribution in [0.25, 0.3) is 0 Å². The van der Waals surface area contributed by atoms with E-state index in [1.54, 1.807) is 0 Å². The van der Waals surface area contributed by atoms with Crippen LogP contribution in [-0.2, 0) is 19.6 Å². The Morgan fingerprint density at radius 1 is 1.39 bits per heavy atom. The topological polar surface area (TPSA) is 63.7 Å². The van der Waals surface area contributed by atoms with Crippen LogP contribution in [0.4, 0.5) is 5.69 Å². The van der Waals surface area contributed by atoms with E-state index in [1.165, 1.54) is 25.3 Å². The smallest absolute Gasteiger partial charge is 0.326 e. The third-order valence-electron chi connectivity index (χ3n) is 2.08. The van der Waals surface area contributed by atoms with E-state index in [2.05, 4.69) is 4.74 Å². The van der Waals surface area contributed by atoms with Crippen LogP contribution in [0.3, 0.4) is 0 Å². The molecule has 1 aromatic rings. The molecule has 0 saturated carbocycles. The number of esters is 1. The zero-order chi connectivity index (χ0) is 13.9. The van der Waals surface area contributed by atoms with Gasteiger partial charge in [0.25, 0.3) is 0 Å². The SMILES string of the molecule is COC(=O)CN(c1cc(Cl)ccc1Cl)S(C)(=O)=O. The number of benzene rings is 1. The van der Waals surface area contributed by atoms with Crippen molar-refractivity contribution in [1.29, 1.82) is 0 Å². The average Bonchev–Trinajstić information content (AvgIpc) is 2.27. The molecule has 0 amide bonds. The van der Waals surface area contributed by atoms with Gasteiger partial charge in [0.05, 0.1) is 24.1 Å². The molecule has 18 heavy (non-hydrogen) atoms. The Balaban J connectivity index is 3.26. The second-order valence-corrected chi connectivity index (χ2v) is 6.19. The molecular formula is C10H11Cl2NO4S. The first-order chi connectivity index (χ1) is 8.25. The molecule has 100 valence electrons. The van der Waals surface area contributed by atoms with Crippen molar-refractivity contribution >= 4 is 44.9 Å². The fourth-order valence-electron chi connectivity index (χ4n) is 1.24. The number of carbonyl (C=O) groups is 1. The summed E-state index contributed by atoms with van der Waals surface area (Å²) >= 11 is 11.7. The molecule has 0 aliphatic heterocycles. The maximum absolute atomic E-state index is 11.7. The third kappa shape index (κ3) is 3.76. The molecule has 0 atom stereocenters. The van der Waals surface area contributed by atoms with Gasteiger partial charge in [-0.05, 0) is 18.2 Å². The van der Waals surface area contributed by atoms with Gasteiger partial charge in [0, 0.05) is 5.02 Å². The van der Waals surface area contributed by atoms with Crippen LogP contribution in [0.1, 0.15) is 0 Å². The van der Waals surface area contributed by atoms with Crippen LogP contribution < -0.4 is 4.31 Å². The third-order valence-corrected chi connectivity index (χ3v) is 3.76. The van der Waals surface area contributed by atoms with Gasteiger partial charge in [-0.3, -0.25) is 9.10 Å². The van der Waals surface area contributed by atoms with Crippen molar-refractivity contribution in [3.05, 3.63) is 28.2 Å². The molecule has 0 aliphatic carbocycles. The summed E-state index contributed by atoms with van der Waals surface area (Å²) in [6, 6.07) is 4.34. The van der Waals surface area contributed by atoms with Crippen LogP contribution in [0.5, 0.6) is 0 Å². The van der Waals surface area contributed by atoms with Crippen LogP contribution in [0.2, 0.25) is 10.0 Å². The first kappa shape index (κ1) is 15.1. The molecule has 0 aliphatic rings. The van der Waals surface area contributed by atoms with Crippen molar-refractivity contribution < 1.29 is 17.9 Å². The van der Waals surface area contributed by atoms with Crippen molar-refractivity contribution in [3.8, 4) is 0 Å². The molecule has 0 N–H and O–H groups in total. The van der Waals surface area contributed by atoms with E-state index in [1.807, 2.05) is 0 Å². The van der Waals surface area contributed by atoms with Crippen LogP contribution >= 0.6 is 23.2 Å². The summed E-state index contributed by atoms with van der Waals surface area (Å²) in [6.45, 7) is -0.463.